The monoisotopic (exact) mass is 319 g/mol. The lowest BCUT2D eigenvalue weighted by Gasteiger charge is -1.98. The van der Waals surface area contributed by atoms with Crippen molar-refractivity contribution < 1.29 is 13.9 Å². The van der Waals surface area contributed by atoms with Crippen molar-refractivity contribution >= 4 is 29.0 Å². The number of nitrogens with zero attached hydrogens (tertiary/aromatic N) is 3. The number of carbonyl (C=O) groups excluding carboxylic acids is 1. The predicted octanol–water partition coefficient (Wildman–Crippen LogP) is 3.11. The van der Waals surface area contributed by atoms with E-state index in [0.29, 0.717) is 11.3 Å². The number of rotatable bonds is 2. The average Bonchev–Trinajstić information content (AvgIpc) is 2.96. The van der Waals surface area contributed by atoms with Gasteiger partial charge in [-0.15, -0.1) is 0 Å². The van der Waals surface area contributed by atoms with Crippen LogP contribution in [0, 0.1) is 5.82 Å². The molecule has 0 bridgehead atoms. The van der Waals surface area contributed by atoms with Crippen LogP contribution < -0.4 is 0 Å². The Hall–Kier alpha value is -3.41. The second kappa shape index (κ2) is 5.66. The highest BCUT2D eigenvalue weighted by molar-refractivity contribution is 6.12. The fourth-order valence-electron chi connectivity index (χ4n) is 2.31. The molecular weight excluding hydrogens is 309 g/mol. The van der Waals surface area contributed by atoms with Crippen molar-refractivity contribution in [2.24, 2.45) is 4.99 Å². The van der Waals surface area contributed by atoms with Crippen LogP contribution in [0.2, 0.25) is 0 Å². The molecule has 1 aliphatic heterocycles. The number of fused-ring (bicyclic) bond motifs is 1. The molecule has 2 heterocycles. The molecule has 0 spiro atoms. The normalized spacial score (nSPS) is 15.6. The van der Waals surface area contributed by atoms with E-state index < -0.39 is 5.97 Å². The lowest BCUT2D eigenvalue weighted by Crippen LogP contribution is -2.05. The van der Waals surface area contributed by atoms with Crippen LogP contribution in [-0.2, 0) is 9.53 Å². The van der Waals surface area contributed by atoms with E-state index in [1.165, 1.54) is 30.3 Å². The smallest absolute Gasteiger partial charge is 0.363 e. The standard InChI is InChI=1S/C18H10FN3O2/c19-12-7-5-11(6-8-12)17-22-16(18(23)24-17)9-13-10-20-14-3-1-2-4-15(14)21-13/h1-10H/b16-9-. The fraction of sp³-hybridized carbons (Fsp3) is 0. The van der Waals surface area contributed by atoms with Crippen LogP contribution in [0.25, 0.3) is 17.1 Å². The summed E-state index contributed by atoms with van der Waals surface area (Å²) in [5, 5.41) is 0. The van der Waals surface area contributed by atoms with Gasteiger partial charge in [0.2, 0.25) is 5.90 Å². The van der Waals surface area contributed by atoms with Crippen LogP contribution in [0.5, 0.6) is 0 Å². The summed E-state index contributed by atoms with van der Waals surface area (Å²) >= 11 is 0. The highest BCUT2D eigenvalue weighted by atomic mass is 19.1. The van der Waals surface area contributed by atoms with Gasteiger partial charge < -0.3 is 4.74 Å². The van der Waals surface area contributed by atoms with E-state index in [0.717, 1.165) is 11.0 Å². The maximum Gasteiger partial charge on any atom is 0.363 e. The van der Waals surface area contributed by atoms with Crippen molar-refractivity contribution in [3.05, 3.63) is 77.5 Å². The molecule has 0 saturated heterocycles. The van der Waals surface area contributed by atoms with Crippen LogP contribution in [0.1, 0.15) is 11.3 Å². The van der Waals surface area contributed by atoms with Crippen LogP contribution in [0.3, 0.4) is 0 Å². The third-order valence-electron chi connectivity index (χ3n) is 3.46. The minimum atomic E-state index is -0.579. The molecule has 2 aromatic carbocycles. The Kier molecular flexibility index (Phi) is 3.35. The van der Waals surface area contributed by atoms with Gasteiger partial charge in [-0.25, -0.2) is 19.2 Å². The van der Waals surface area contributed by atoms with E-state index in [1.54, 1.807) is 6.20 Å². The zero-order valence-electron chi connectivity index (χ0n) is 12.3. The van der Waals surface area contributed by atoms with Gasteiger partial charge in [0.15, 0.2) is 5.70 Å². The molecular formula is C18H10FN3O2. The number of hydrogen-bond donors (Lipinski definition) is 0. The van der Waals surface area contributed by atoms with Crippen molar-refractivity contribution in [1.82, 2.24) is 9.97 Å². The lowest BCUT2D eigenvalue weighted by molar-refractivity contribution is -0.129. The Bertz CT molecular complexity index is 1010. The highest BCUT2D eigenvalue weighted by Gasteiger charge is 2.24. The first kappa shape index (κ1) is 14.2. The predicted molar refractivity (Wildman–Crippen MR) is 86.5 cm³/mol. The molecule has 3 aromatic rings. The molecule has 0 aliphatic carbocycles. The summed E-state index contributed by atoms with van der Waals surface area (Å²) < 4.78 is 18.1. The van der Waals surface area contributed by atoms with Crippen molar-refractivity contribution in [2.75, 3.05) is 0 Å². The number of ether oxygens (including phenoxy) is 1. The molecule has 1 aliphatic rings. The zero-order valence-corrected chi connectivity index (χ0v) is 12.3. The van der Waals surface area contributed by atoms with Gasteiger partial charge >= 0.3 is 5.97 Å². The molecule has 0 radical (unpaired) electrons. The number of aromatic nitrogens is 2. The van der Waals surface area contributed by atoms with Crippen molar-refractivity contribution in [3.8, 4) is 0 Å². The third kappa shape index (κ3) is 2.65. The first-order valence-electron chi connectivity index (χ1n) is 7.19. The number of halogens is 1. The fourth-order valence-corrected chi connectivity index (χ4v) is 2.31. The minimum absolute atomic E-state index is 0.124. The van der Waals surface area contributed by atoms with Gasteiger partial charge in [-0.05, 0) is 42.5 Å². The Morgan fingerprint density at radius 1 is 1.00 bits per heavy atom. The molecule has 0 saturated carbocycles. The Balaban J connectivity index is 1.70. The molecule has 6 heteroatoms. The maximum atomic E-state index is 13.0. The molecule has 0 unspecified atom stereocenters. The zero-order chi connectivity index (χ0) is 16.5. The summed E-state index contributed by atoms with van der Waals surface area (Å²) in [6, 6.07) is 13.0. The molecule has 4 rings (SSSR count). The van der Waals surface area contributed by atoms with E-state index in [4.69, 9.17) is 4.74 Å². The molecule has 1 aromatic heterocycles. The molecule has 0 N–H and O–H groups in total. The summed E-state index contributed by atoms with van der Waals surface area (Å²) in [6.45, 7) is 0. The summed E-state index contributed by atoms with van der Waals surface area (Å²) in [7, 11) is 0. The first-order valence-corrected chi connectivity index (χ1v) is 7.19. The maximum absolute atomic E-state index is 13.0. The van der Waals surface area contributed by atoms with Gasteiger partial charge in [-0.1, -0.05) is 12.1 Å². The van der Waals surface area contributed by atoms with Crippen LogP contribution in [0.4, 0.5) is 4.39 Å². The van der Waals surface area contributed by atoms with Crippen molar-refractivity contribution in [3.63, 3.8) is 0 Å². The van der Waals surface area contributed by atoms with Crippen molar-refractivity contribution in [2.45, 2.75) is 0 Å². The second-order valence-corrected chi connectivity index (χ2v) is 5.13. The summed E-state index contributed by atoms with van der Waals surface area (Å²) in [5.41, 5.74) is 2.64. The first-order chi connectivity index (χ1) is 11.7. The number of esters is 1. The molecule has 116 valence electrons. The number of carbonyl (C=O) groups is 1. The Morgan fingerprint density at radius 2 is 1.75 bits per heavy atom. The summed E-state index contributed by atoms with van der Waals surface area (Å²) in [5.74, 6) is -0.810. The van der Waals surface area contributed by atoms with Crippen molar-refractivity contribution in [1.29, 1.82) is 0 Å². The molecule has 0 amide bonds. The number of benzene rings is 2. The van der Waals surface area contributed by atoms with Gasteiger partial charge in [0.05, 0.1) is 22.9 Å². The number of cyclic esters (lactones) is 1. The second-order valence-electron chi connectivity index (χ2n) is 5.13. The molecule has 5 nitrogen and oxygen atoms in total. The average molecular weight is 319 g/mol. The minimum Gasteiger partial charge on any atom is -0.402 e. The number of hydrogen-bond acceptors (Lipinski definition) is 5. The quantitative estimate of drug-likeness (QED) is 0.538. The van der Waals surface area contributed by atoms with E-state index in [2.05, 4.69) is 15.0 Å². The summed E-state index contributed by atoms with van der Waals surface area (Å²) in [4.78, 5) is 24.8. The third-order valence-corrected chi connectivity index (χ3v) is 3.46. The number of aliphatic imine (C=N–C) groups is 1. The molecule has 0 fully saturated rings. The molecule has 24 heavy (non-hydrogen) atoms. The topological polar surface area (TPSA) is 64.4 Å². The van der Waals surface area contributed by atoms with Gasteiger partial charge in [0, 0.05) is 5.56 Å². The largest absolute Gasteiger partial charge is 0.402 e. The highest BCUT2D eigenvalue weighted by Crippen LogP contribution is 2.19. The van der Waals surface area contributed by atoms with Crippen LogP contribution in [-0.4, -0.2) is 21.8 Å². The van der Waals surface area contributed by atoms with E-state index in [-0.39, 0.29) is 17.4 Å². The Morgan fingerprint density at radius 3 is 2.54 bits per heavy atom. The molecule has 0 atom stereocenters. The van der Waals surface area contributed by atoms with Gasteiger partial charge in [0.1, 0.15) is 5.82 Å². The van der Waals surface area contributed by atoms with Crippen LogP contribution in [0.15, 0.2) is 65.4 Å². The lowest BCUT2D eigenvalue weighted by atomic mass is 10.2. The summed E-state index contributed by atoms with van der Waals surface area (Å²) in [6.07, 6.45) is 3.08. The van der Waals surface area contributed by atoms with Gasteiger partial charge in [0.25, 0.3) is 0 Å². The van der Waals surface area contributed by atoms with Crippen LogP contribution >= 0.6 is 0 Å². The van der Waals surface area contributed by atoms with E-state index >= 15 is 0 Å². The van der Waals surface area contributed by atoms with Gasteiger partial charge in [-0.2, -0.15) is 0 Å². The SMILES string of the molecule is O=C1OC(c2ccc(F)cc2)=N/C1=C\c1cnc2ccccc2n1. The van der Waals surface area contributed by atoms with E-state index in [1.807, 2.05) is 24.3 Å². The van der Waals surface area contributed by atoms with E-state index in [9.17, 15) is 9.18 Å². The number of para-hydroxylation sites is 2. The Labute approximate surface area is 136 Å². The van der Waals surface area contributed by atoms with Gasteiger partial charge in [-0.3, -0.25) is 4.98 Å².